The van der Waals surface area contributed by atoms with Crippen molar-refractivity contribution in [3.63, 3.8) is 0 Å². The van der Waals surface area contributed by atoms with Crippen molar-refractivity contribution in [2.24, 2.45) is 0 Å². The van der Waals surface area contributed by atoms with Gasteiger partial charge in [-0.25, -0.2) is 9.78 Å². The maximum atomic E-state index is 13.2. The van der Waals surface area contributed by atoms with Crippen molar-refractivity contribution in [1.29, 1.82) is 0 Å². The minimum absolute atomic E-state index is 0.0610. The molecule has 3 aliphatic rings. The largest absolute Gasteiger partial charge is 0.490 e. The Morgan fingerprint density at radius 2 is 1.69 bits per heavy atom. The average Bonchev–Trinajstić information content (AvgIpc) is 3.93. The van der Waals surface area contributed by atoms with Crippen molar-refractivity contribution in [2.75, 3.05) is 49.5 Å². The molecular weight excluding hydrogens is 643 g/mol. The summed E-state index contributed by atoms with van der Waals surface area (Å²) in [6.45, 7) is 3.21. The quantitative estimate of drug-likeness (QED) is 0.212. The second-order valence-corrected chi connectivity index (χ2v) is 12.7. The first-order chi connectivity index (χ1) is 23.7. The number of aromatic nitrogens is 4. The number of alkyl halides is 3. The summed E-state index contributed by atoms with van der Waals surface area (Å²) in [5.74, 6) is -1.74. The monoisotopic (exact) mass is 681 g/mol. The molecule has 0 saturated carbocycles. The number of imidazole rings is 1. The molecule has 260 valence electrons. The van der Waals surface area contributed by atoms with Gasteiger partial charge in [-0.2, -0.15) is 23.1 Å². The van der Waals surface area contributed by atoms with Crippen LogP contribution in [0.25, 0.3) is 11.2 Å². The summed E-state index contributed by atoms with van der Waals surface area (Å²) in [6.07, 6.45) is -7.06. The number of benzene rings is 2. The summed E-state index contributed by atoms with van der Waals surface area (Å²) in [6, 6.07) is 20.4. The van der Waals surface area contributed by atoms with Crippen molar-refractivity contribution in [2.45, 2.75) is 61.9 Å². The van der Waals surface area contributed by atoms with E-state index in [1.165, 1.54) is 23.7 Å². The Balaban J connectivity index is 1.26. The first-order valence-corrected chi connectivity index (χ1v) is 16.5. The van der Waals surface area contributed by atoms with E-state index in [9.17, 15) is 28.2 Å². The van der Waals surface area contributed by atoms with Crippen LogP contribution in [0.3, 0.4) is 0 Å². The third kappa shape index (κ3) is 6.80. The maximum Gasteiger partial charge on any atom is 0.490 e. The summed E-state index contributed by atoms with van der Waals surface area (Å²) >= 11 is 0. The summed E-state index contributed by atoms with van der Waals surface area (Å²) < 4.78 is 51.6. The number of likely N-dealkylation sites (tertiary alicyclic amines) is 1. The first kappa shape index (κ1) is 33.2. The van der Waals surface area contributed by atoms with Crippen molar-refractivity contribution >= 4 is 28.9 Å². The minimum atomic E-state index is -5.30. The molecule has 0 aliphatic carbocycles. The highest BCUT2D eigenvalue weighted by Gasteiger charge is 2.51. The lowest BCUT2D eigenvalue weighted by atomic mass is 9.91. The van der Waals surface area contributed by atoms with E-state index in [-0.39, 0.29) is 11.6 Å². The molecule has 15 heteroatoms. The molecule has 3 N–H and O–H groups in total. The van der Waals surface area contributed by atoms with Crippen LogP contribution < -0.4 is 10.2 Å². The van der Waals surface area contributed by atoms with Crippen LogP contribution in [0, 0.1) is 0 Å². The van der Waals surface area contributed by atoms with E-state index in [0.29, 0.717) is 43.0 Å². The lowest BCUT2D eigenvalue weighted by molar-refractivity contribution is -0.211. The second kappa shape index (κ2) is 13.9. The van der Waals surface area contributed by atoms with Gasteiger partial charge in [-0.05, 0) is 43.5 Å². The predicted molar refractivity (Wildman–Crippen MR) is 173 cm³/mol. The lowest BCUT2D eigenvalue weighted by Crippen LogP contribution is -2.40. The fourth-order valence-corrected chi connectivity index (χ4v) is 7.09. The summed E-state index contributed by atoms with van der Waals surface area (Å²) in [4.78, 5) is 30.8. The third-order valence-corrected chi connectivity index (χ3v) is 9.63. The molecule has 2 aromatic carbocycles. The number of carbonyl (C=O) groups is 1. The van der Waals surface area contributed by atoms with Gasteiger partial charge in [0.1, 0.15) is 12.2 Å². The topological polar surface area (TPSA) is 138 Å². The van der Waals surface area contributed by atoms with Crippen molar-refractivity contribution in [3.8, 4) is 0 Å². The molecule has 3 saturated heterocycles. The van der Waals surface area contributed by atoms with E-state index >= 15 is 0 Å². The van der Waals surface area contributed by atoms with Gasteiger partial charge in [0.05, 0.1) is 12.9 Å². The van der Waals surface area contributed by atoms with Crippen LogP contribution in [0.4, 0.5) is 24.9 Å². The van der Waals surface area contributed by atoms with Crippen molar-refractivity contribution in [1.82, 2.24) is 24.4 Å². The fraction of sp³-hybridized carbons (Fsp3) is 0.471. The molecule has 49 heavy (non-hydrogen) atoms. The first-order valence-electron chi connectivity index (χ1n) is 16.5. The van der Waals surface area contributed by atoms with Crippen LogP contribution in [-0.2, 0) is 14.3 Å². The Morgan fingerprint density at radius 3 is 2.33 bits per heavy atom. The van der Waals surface area contributed by atoms with Gasteiger partial charge in [0, 0.05) is 31.6 Å². The molecule has 5 atom stereocenters. The van der Waals surface area contributed by atoms with E-state index in [0.717, 1.165) is 30.6 Å². The van der Waals surface area contributed by atoms with Crippen molar-refractivity contribution < 1.29 is 37.7 Å². The number of ether oxygens (including phenoxy) is 2. The fourth-order valence-electron chi connectivity index (χ4n) is 7.09. The highest BCUT2D eigenvalue weighted by atomic mass is 19.4. The Labute approximate surface area is 280 Å². The molecule has 7 rings (SSSR count). The summed E-state index contributed by atoms with van der Waals surface area (Å²) in [5, 5.41) is 24.1. The predicted octanol–water partition coefficient (Wildman–Crippen LogP) is 3.47. The normalized spacial score (nSPS) is 24.7. The Hall–Kier alpha value is -4.31. The molecule has 4 aromatic rings. The van der Waals surface area contributed by atoms with E-state index in [1.807, 2.05) is 36.4 Å². The molecule has 5 heterocycles. The van der Waals surface area contributed by atoms with E-state index in [2.05, 4.69) is 44.4 Å². The van der Waals surface area contributed by atoms with Crippen LogP contribution in [0.5, 0.6) is 0 Å². The maximum absolute atomic E-state index is 13.2. The van der Waals surface area contributed by atoms with Crippen LogP contribution in [0.15, 0.2) is 67.0 Å². The highest BCUT2D eigenvalue weighted by molar-refractivity contribution is 5.84. The number of aliphatic hydroxyl groups is 2. The lowest BCUT2D eigenvalue weighted by Gasteiger charge is -2.25. The molecule has 2 aromatic heterocycles. The van der Waals surface area contributed by atoms with Crippen molar-refractivity contribution in [3.05, 3.63) is 78.1 Å². The van der Waals surface area contributed by atoms with E-state index in [1.54, 1.807) is 0 Å². The van der Waals surface area contributed by atoms with E-state index < -0.39 is 43.3 Å². The van der Waals surface area contributed by atoms with Crippen LogP contribution in [0.2, 0.25) is 0 Å². The zero-order valence-electron chi connectivity index (χ0n) is 26.6. The highest BCUT2D eigenvalue weighted by Crippen LogP contribution is 2.37. The van der Waals surface area contributed by atoms with Gasteiger partial charge in [0.2, 0.25) is 5.95 Å². The molecule has 12 nitrogen and oxygen atoms in total. The standard InChI is InChI=1S/C34H38F3N7O5/c35-34(36,37)32(47)49-28-27(46)25(19-45)48-31(28)44-20-39-26-29(38-17-24(21-9-3-1-4-10-21)22-11-5-2-6-12-22)40-33(41-30(26)44)43-16-13-23(18-43)42-14-7-8-15-42/h1-6,9-12,20,23-25,27-28,31,45-46H,7-8,13-19H2,(H,38,40,41)/t23-,25-,27-,28-,31-/m1/s1. The smallest absolute Gasteiger partial charge is 0.448 e. The zero-order valence-corrected chi connectivity index (χ0v) is 26.6. The molecule has 0 amide bonds. The number of halogens is 3. The molecule has 0 radical (unpaired) electrons. The SMILES string of the molecule is O=C(O[C@@H]1[C@H](O)[C@@H](CO)O[C@H]1n1cnc2c(NCC(c3ccccc3)c3ccccc3)nc(N3CC[C@@H](N4CCCC4)C3)nc21)C(F)(F)F. The zero-order chi connectivity index (χ0) is 34.1. The number of aliphatic hydroxyl groups excluding tert-OH is 2. The number of esters is 1. The Kier molecular flexibility index (Phi) is 9.42. The van der Waals surface area contributed by atoms with Crippen LogP contribution >= 0.6 is 0 Å². The van der Waals surface area contributed by atoms with Gasteiger partial charge in [0.25, 0.3) is 0 Å². The number of rotatable bonds is 10. The minimum Gasteiger partial charge on any atom is -0.448 e. The summed E-state index contributed by atoms with van der Waals surface area (Å²) in [7, 11) is 0. The van der Waals surface area contributed by atoms with Gasteiger partial charge in [-0.1, -0.05) is 60.7 Å². The molecule has 3 aliphatic heterocycles. The van der Waals surface area contributed by atoms with Gasteiger partial charge in [-0.3, -0.25) is 9.47 Å². The van der Waals surface area contributed by atoms with Gasteiger partial charge >= 0.3 is 12.1 Å². The number of hydrogen-bond donors (Lipinski definition) is 3. The Bertz CT molecular complexity index is 1700. The molecule has 0 spiro atoms. The van der Waals surface area contributed by atoms with Gasteiger partial charge in [0.15, 0.2) is 29.3 Å². The number of nitrogens with zero attached hydrogens (tertiary/aromatic N) is 6. The van der Waals surface area contributed by atoms with Gasteiger partial charge in [-0.15, -0.1) is 0 Å². The van der Waals surface area contributed by atoms with Crippen LogP contribution in [0.1, 0.15) is 42.5 Å². The van der Waals surface area contributed by atoms with Crippen LogP contribution in [-0.4, -0.2) is 110 Å². The second-order valence-electron chi connectivity index (χ2n) is 12.7. The third-order valence-electron chi connectivity index (χ3n) is 9.63. The molecule has 0 unspecified atom stereocenters. The molecule has 0 bridgehead atoms. The number of fused-ring (bicyclic) bond motifs is 1. The number of hydrogen-bond acceptors (Lipinski definition) is 11. The number of anilines is 2. The average molecular weight is 682 g/mol. The number of carbonyl (C=O) groups excluding carboxylic acids is 1. The van der Waals surface area contributed by atoms with Gasteiger partial charge < -0.3 is 29.9 Å². The summed E-state index contributed by atoms with van der Waals surface area (Å²) in [5.41, 5.74) is 2.69. The van der Waals surface area contributed by atoms with E-state index in [4.69, 9.17) is 19.4 Å². The molecular formula is C34H38F3N7O5. The Morgan fingerprint density at radius 1 is 1.02 bits per heavy atom. The molecule has 3 fully saturated rings. The number of nitrogens with one attached hydrogen (secondary N) is 1.